The molecule has 1 heterocycles. The van der Waals surface area contributed by atoms with Gasteiger partial charge in [0.15, 0.2) is 0 Å². The number of carbonyl (C=O) groups is 1. The Labute approximate surface area is 207 Å². The molecule has 1 aliphatic rings. The van der Waals surface area contributed by atoms with Crippen molar-refractivity contribution in [3.05, 3.63) is 126 Å². The Morgan fingerprint density at radius 1 is 0.771 bits per heavy atom. The summed E-state index contributed by atoms with van der Waals surface area (Å²) in [5.74, 6) is 1.30. The Morgan fingerprint density at radius 3 is 2.09 bits per heavy atom. The topological polar surface area (TPSA) is 32.8 Å². The molecule has 0 radical (unpaired) electrons. The van der Waals surface area contributed by atoms with Crippen molar-refractivity contribution in [2.75, 3.05) is 16.4 Å². The highest BCUT2D eigenvalue weighted by atomic mass is 16.5. The van der Waals surface area contributed by atoms with E-state index in [1.54, 1.807) is 0 Å². The zero-order valence-corrected chi connectivity index (χ0v) is 20.2. The molecule has 4 heteroatoms. The van der Waals surface area contributed by atoms with E-state index in [1.165, 1.54) is 5.56 Å². The largest absolute Gasteiger partial charge is 0.493 e. The Balaban J connectivity index is 1.63. The maximum atomic E-state index is 13.9. The minimum atomic E-state index is -0.306. The average Bonchev–Trinajstić information content (AvgIpc) is 2.90. The lowest BCUT2D eigenvalue weighted by Gasteiger charge is -2.46. The first kappa shape index (κ1) is 22.7. The summed E-state index contributed by atoms with van der Waals surface area (Å²) in [6, 6.07) is 36.4. The van der Waals surface area contributed by atoms with Gasteiger partial charge in [-0.15, -0.1) is 0 Å². The molecule has 0 bridgehead atoms. The molecule has 4 aromatic rings. The maximum Gasteiger partial charge on any atom is 0.262 e. The molecule has 0 unspecified atom stereocenters. The molecular weight excluding hydrogens is 432 g/mol. The molecule has 0 N–H and O–H groups in total. The van der Waals surface area contributed by atoms with Gasteiger partial charge in [0.2, 0.25) is 0 Å². The zero-order chi connectivity index (χ0) is 24.2. The molecule has 35 heavy (non-hydrogen) atoms. The SMILES string of the molecule is CC(C)COc1ccc([C@H]2N(Cc3ccccc3)c3ccccc3C(=O)N2c2ccccc2)cc1. The van der Waals surface area contributed by atoms with Crippen molar-refractivity contribution in [2.24, 2.45) is 5.92 Å². The molecule has 5 rings (SSSR count). The van der Waals surface area contributed by atoms with Crippen LogP contribution < -0.4 is 14.5 Å². The minimum Gasteiger partial charge on any atom is -0.493 e. The fourth-order valence-corrected chi connectivity index (χ4v) is 4.54. The van der Waals surface area contributed by atoms with Crippen molar-refractivity contribution in [1.82, 2.24) is 0 Å². The van der Waals surface area contributed by atoms with Gasteiger partial charge in [-0.05, 0) is 53.4 Å². The van der Waals surface area contributed by atoms with Crippen molar-refractivity contribution >= 4 is 17.3 Å². The van der Waals surface area contributed by atoms with E-state index in [0.29, 0.717) is 24.6 Å². The second-order valence-electron chi connectivity index (χ2n) is 9.29. The van der Waals surface area contributed by atoms with E-state index < -0.39 is 0 Å². The van der Waals surface area contributed by atoms with E-state index >= 15 is 0 Å². The van der Waals surface area contributed by atoms with Crippen molar-refractivity contribution in [2.45, 2.75) is 26.6 Å². The summed E-state index contributed by atoms with van der Waals surface area (Å²) in [7, 11) is 0. The van der Waals surface area contributed by atoms with Crippen molar-refractivity contribution in [3.8, 4) is 5.75 Å². The molecular formula is C31H30N2O2. The van der Waals surface area contributed by atoms with Gasteiger partial charge in [0, 0.05) is 12.2 Å². The molecule has 4 nitrogen and oxygen atoms in total. The Kier molecular flexibility index (Phi) is 6.53. The highest BCUT2D eigenvalue weighted by molar-refractivity contribution is 6.12. The van der Waals surface area contributed by atoms with E-state index in [-0.39, 0.29) is 12.1 Å². The maximum absolute atomic E-state index is 13.9. The number of amides is 1. The molecule has 0 aliphatic carbocycles. The van der Waals surface area contributed by atoms with Crippen LogP contribution in [0.15, 0.2) is 109 Å². The number of rotatable bonds is 7. The summed E-state index contributed by atoms with van der Waals surface area (Å²) in [6.07, 6.45) is -0.306. The standard InChI is InChI=1S/C31H30N2O2/c1-23(2)22-35-27-19-17-25(18-20-27)30-32(21-24-11-5-3-6-12-24)29-16-10-9-15-28(29)31(34)33(30)26-13-7-4-8-14-26/h3-20,23,30H,21-22H2,1-2H3/t30-/m0/s1. The minimum absolute atomic E-state index is 0.00115. The lowest BCUT2D eigenvalue weighted by molar-refractivity contribution is 0.0968. The predicted octanol–water partition coefficient (Wildman–Crippen LogP) is 7.09. The number of hydrogen-bond donors (Lipinski definition) is 0. The number of carbonyl (C=O) groups excluding carboxylic acids is 1. The second-order valence-corrected chi connectivity index (χ2v) is 9.29. The smallest absolute Gasteiger partial charge is 0.262 e. The number of para-hydroxylation sites is 2. The van der Waals surface area contributed by atoms with E-state index in [0.717, 1.165) is 22.7 Å². The second kappa shape index (κ2) is 10.1. The van der Waals surface area contributed by atoms with Crippen molar-refractivity contribution in [3.63, 3.8) is 0 Å². The lowest BCUT2D eigenvalue weighted by atomic mass is 9.99. The van der Waals surface area contributed by atoms with Gasteiger partial charge in [0.25, 0.3) is 5.91 Å². The van der Waals surface area contributed by atoms with E-state index in [2.05, 4.69) is 55.1 Å². The van der Waals surface area contributed by atoms with Gasteiger partial charge in [-0.3, -0.25) is 9.69 Å². The summed E-state index contributed by atoms with van der Waals surface area (Å²) in [5.41, 5.74) is 4.74. The number of ether oxygens (including phenoxy) is 1. The van der Waals surface area contributed by atoms with Gasteiger partial charge < -0.3 is 9.64 Å². The first-order valence-corrected chi connectivity index (χ1v) is 12.1. The number of fused-ring (bicyclic) bond motifs is 1. The molecule has 0 spiro atoms. The van der Waals surface area contributed by atoms with E-state index in [4.69, 9.17) is 4.74 Å². The highest BCUT2D eigenvalue weighted by Gasteiger charge is 2.39. The van der Waals surface area contributed by atoms with Crippen LogP contribution in [0.5, 0.6) is 5.75 Å². The lowest BCUT2D eigenvalue weighted by Crippen LogP contribution is -2.49. The fourth-order valence-electron chi connectivity index (χ4n) is 4.54. The van der Waals surface area contributed by atoms with Crippen LogP contribution >= 0.6 is 0 Å². The Hall–Kier alpha value is -4.05. The van der Waals surface area contributed by atoms with Crippen molar-refractivity contribution < 1.29 is 9.53 Å². The monoisotopic (exact) mass is 462 g/mol. The Bertz CT molecular complexity index is 1270. The van der Waals surface area contributed by atoms with Crippen LogP contribution in [0.4, 0.5) is 11.4 Å². The summed E-state index contributed by atoms with van der Waals surface area (Å²) >= 11 is 0. The molecule has 0 fully saturated rings. The van der Waals surface area contributed by atoms with Crippen LogP contribution in [0.3, 0.4) is 0 Å². The van der Waals surface area contributed by atoms with Gasteiger partial charge in [0.1, 0.15) is 11.9 Å². The predicted molar refractivity (Wildman–Crippen MR) is 142 cm³/mol. The van der Waals surface area contributed by atoms with Crippen LogP contribution in [-0.2, 0) is 6.54 Å². The van der Waals surface area contributed by atoms with Crippen LogP contribution in [-0.4, -0.2) is 12.5 Å². The van der Waals surface area contributed by atoms with E-state index in [1.807, 2.05) is 77.7 Å². The van der Waals surface area contributed by atoms with Gasteiger partial charge >= 0.3 is 0 Å². The molecule has 1 atom stereocenters. The summed E-state index contributed by atoms with van der Waals surface area (Å²) in [6.45, 7) is 5.62. The fraction of sp³-hybridized carbons (Fsp3) is 0.194. The molecule has 1 aliphatic heterocycles. The molecule has 4 aromatic carbocycles. The first-order valence-electron chi connectivity index (χ1n) is 12.1. The third-order valence-electron chi connectivity index (χ3n) is 6.19. The number of anilines is 2. The van der Waals surface area contributed by atoms with Gasteiger partial charge in [-0.2, -0.15) is 0 Å². The number of nitrogens with zero attached hydrogens (tertiary/aromatic N) is 2. The summed E-state index contributed by atoms with van der Waals surface area (Å²) in [5, 5.41) is 0. The Morgan fingerprint density at radius 2 is 1.40 bits per heavy atom. The average molecular weight is 463 g/mol. The van der Waals surface area contributed by atoms with Crippen LogP contribution in [0, 0.1) is 5.92 Å². The normalized spacial score (nSPS) is 15.3. The molecule has 0 aromatic heterocycles. The van der Waals surface area contributed by atoms with Gasteiger partial charge in [-0.1, -0.05) is 86.6 Å². The van der Waals surface area contributed by atoms with Crippen LogP contribution in [0.25, 0.3) is 0 Å². The molecule has 0 saturated carbocycles. The van der Waals surface area contributed by atoms with Gasteiger partial charge in [0.05, 0.1) is 17.9 Å². The summed E-state index contributed by atoms with van der Waals surface area (Å²) in [4.78, 5) is 18.2. The summed E-state index contributed by atoms with van der Waals surface area (Å²) < 4.78 is 5.93. The van der Waals surface area contributed by atoms with Crippen molar-refractivity contribution in [1.29, 1.82) is 0 Å². The number of hydrogen-bond acceptors (Lipinski definition) is 3. The van der Waals surface area contributed by atoms with Gasteiger partial charge in [-0.25, -0.2) is 0 Å². The zero-order valence-electron chi connectivity index (χ0n) is 20.2. The molecule has 0 saturated heterocycles. The highest BCUT2D eigenvalue weighted by Crippen LogP contribution is 2.42. The van der Waals surface area contributed by atoms with Crippen LogP contribution in [0.1, 0.15) is 41.5 Å². The third-order valence-corrected chi connectivity index (χ3v) is 6.19. The quantitative estimate of drug-likeness (QED) is 0.294. The molecule has 176 valence electrons. The van der Waals surface area contributed by atoms with Crippen LogP contribution in [0.2, 0.25) is 0 Å². The van der Waals surface area contributed by atoms with E-state index in [9.17, 15) is 4.79 Å². The first-order chi connectivity index (χ1) is 17.1. The number of benzene rings is 4. The molecule has 1 amide bonds. The third kappa shape index (κ3) is 4.78.